The summed E-state index contributed by atoms with van der Waals surface area (Å²) in [5.74, 6) is -1.39. The zero-order chi connectivity index (χ0) is 54.1. The lowest BCUT2D eigenvalue weighted by molar-refractivity contribution is -0.0436. The van der Waals surface area contributed by atoms with Gasteiger partial charge in [-0.2, -0.15) is 13.2 Å². The maximum absolute atomic E-state index is 14.3. The zero-order valence-corrected chi connectivity index (χ0v) is 45.5. The Hall–Kier alpha value is -5.52. The zero-order valence-electron chi connectivity index (χ0n) is 42.3. The number of anilines is 1. The summed E-state index contributed by atoms with van der Waals surface area (Å²) in [5, 5.41) is 1.39. The van der Waals surface area contributed by atoms with Crippen molar-refractivity contribution in [3.8, 4) is 11.5 Å². The molecule has 75 heavy (non-hydrogen) atoms. The average molecular weight is 1120 g/mol. The largest absolute Gasteiger partial charge is 0.501 e. The van der Waals surface area contributed by atoms with Gasteiger partial charge >= 0.3 is 11.6 Å². The molecule has 0 radical (unpaired) electrons. The van der Waals surface area contributed by atoms with Gasteiger partial charge in [-0.15, -0.1) is 4.36 Å². The Kier molecular flexibility index (Phi) is 16.5. The molecule has 3 aromatic carbocycles. The molecule has 404 valence electrons. The van der Waals surface area contributed by atoms with Crippen LogP contribution < -0.4 is 14.4 Å². The monoisotopic (exact) mass is 1120 g/mol. The lowest BCUT2D eigenvalue weighted by atomic mass is 9.72. The molecule has 0 spiro atoms. The molecule has 5 aromatic rings. The standard InChI is InChI=1S/C52H61ClF3N7O9S3/c1-34(2)71-50(65)60-73(66)24-22-62(23-25-73)32-35(3)26-37-8-12-43(29-47(37)74(67,68)52(54,55)56)75(69,70)59-49(64)44-13-11-41(28-46(44)72-42-27-38-15-17-57-48(38)58-31-42)63-20-18-61(19-21-63)33-39-14-16-51(4,5)30-45(39)36-6-9-40(53)10-7-36/h6-13,15,17,27-29,31,34-35H,14,16,18-26,30,32-33H2,1-5H3,(H,57,58)(H,59,64)/t35-/m1/s1. The molecule has 16 nitrogen and oxygen atoms in total. The van der Waals surface area contributed by atoms with Crippen LogP contribution in [-0.2, 0) is 40.7 Å². The second kappa shape index (κ2) is 22.2. The molecule has 2 saturated heterocycles. The smallest absolute Gasteiger partial charge is 0.455 e. The number of ether oxygens (including phenoxy) is 2. The number of halogens is 4. The van der Waals surface area contributed by atoms with E-state index in [2.05, 4.69) is 50.1 Å². The predicted molar refractivity (Wildman–Crippen MR) is 283 cm³/mol. The van der Waals surface area contributed by atoms with E-state index in [-0.39, 0.29) is 65.6 Å². The molecule has 2 aliphatic heterocycles. The van der Waals surface area contributed by atoms with Gasteiger partial charge in [0.05, 0.1) is 37.4 Å². The summed E-state index contributed by atoms with van der Waals surface area (Å²) in [6, 6.07) is 18.5. The fourth-order valence-corrected chi connectivity index (χ4v) is 13.7. The van der Waals surface area contributed by atoms with Crippen LogP contribution in [0.2, 0.25) is 5.02 Å². The minimum absolute atomic E-state index is 0.0364. The molecule has 3 aliphatic rings. The number of sulfone groups is 1. The highest BCUT2D eigenvalue weighted by atomic mass is 35.5. The molecule has 23 heteroatoms. The summed E-state index contributed by atoms with van der Waals surface area (Å²) in [7, 11) is -14.0. The maximum atomic E-state index is 14.3. The molecule has 8 rings (SSSR count). The Morgan fingerprint density at radius 3 is 2.31 bits per heavy atom. The molecule has 0 unspecified atom stereocenters. The minimum Gasteiger partial charge on any atom is -0.455 e. The van der Waals surface area contributed by atoms with E-state index >= 15 is 0 Å². The van der Waals surface area contributed by atoms with E-state index in [1.807, 2.05) is 21.8 Å². The number of nitrogens with zero attached hydrogens (tertiary/aromatic N) is 5. The summed E-state index contributed by atoms with van der Waals surface area (Å²) in [5.41, 5.74) is -0.954. The number of nitrogens with one attached hydrogen (secondary N) is 2. The number of alkyl halides is 3. The summed E-state index contributed by atoms with van der Waals surface area (Å²) in [6.07, 6.45) is 4.56. The molecule has 0 bridgehead atoms. The van der Waals surface area contributed by atoms with E-state index in [1.54, 1.807) is 51.2 Å². The van der Waals surface area contributed by atoms with Crippen molar-refractivity contribution >= 4 is 75.5 Å². The first-order valence-corrected chi connectivity index (χ1v) is 29.8. The van der Waals surface area contributed by atoms with Crippen molar-refractivity contribution < 1.29 is 53.3 Å². The van der Waals surface area contributed by atoms with Gasteiger partial charge in [0.2, 0.25) is 0 Å². The van der Waals surface area contributed by atoms with E-state index in [1.165, 1.54) is 29.0 Å². The molecule has 1 aliphatic carbocycles. The fourth-order valence-electron chi connectivity index (χ4n) is 9.73. The number of piperazine rings is 1. The quantitative estimate of drug-likeness (QED) is 0.100. The van der Waals surface area contributed by atoms with Gasteiger partial charge in [-0.3, -0.25) is 9.69 Å². The van der Waals surface area contributed by atoms with Crippen LogP contribution in [0.25, 0.3) is 16.6 Å². The number of amides is 2. The highest BCUT2D eigenvalue weighted by Gasteiger charge is 2.48. The first-order valence-electron chi connectivity index (χ1n) is 24.6. The van der Waals surface area contributed by atoms with E-state index in [0.29, 0.717) is 40.9 Å². The fraction of sp³-hybridized carbons (Fsp3) is 0.442. The third-order valence-corrected chi connectivity index (χ3v) is 19.0. The van der Waals surface area contributed by atoms with Crippen LogP contribution in [0.15, 0.2) is 105 Å². The van der Waals surface area contributed by atoms with Crippen molar-refractivity contribution in [1.82, 2.24) is 24.5 Å². The Balaban J connectivity index is 1.00. The first kappa shape index (κ1) is 55.7. The maximum Gasteiger partial charge on any atom is 0.501 e. The van der Waals surface area contributed by atoms with Crippen molar-refractivity contribution in [1.29, 1.82) is 0 Å². The van der Waals surface area contributed by atoms with Crippen molar-refractivity contribution in [3.05, 3.63) is 112 Å². The van der Waals surface area contributed by atoms with Crippen molar-refractivity contribution in [2.24, 2.45) is 15.7 Å². The number of allylic oxidation sites excluding steroid dienone is 1. The Labute approximate surface area is 441 Å². The van der Waals surface area contributed by atoms with Crippen LogP contribution in [-0.4, -0.2) is 128 Å². The highest BCUT2D eigenvalue weighted by molar-refractivity contribution is 7.94. The van der Waals surface area contributed by atoms with Crippen molar-refractivity contribution in [2.45, 2.75) is 81.7 Å². The van der Waals surface area contributed by atoms with Crippen molar-refractivity contribution in [3.63, 3.8) is 0 Å². The number of pyridine rings is 1. The molecule has 1 atom stereocenters. The van der Waals surface area contributed by atoms with Gasteiger partial charge in [0.1, 0.15) is 17.1 Å². The summed E-state index contributed by atoms with van der Waals surface area (Å²) in [4.78, 5) is 37.8. The summed E-state index contributed by atoms with van der Waals surface area (Å²) < 4.78 is 127. The van der Waals surface area contributed by atoms with Crippen LogP contribution in [0, 0.1) is 11.3 Å². The number of hydrogen-bond donors (Lipinski definition) is 2. The first-order chi connectivity index (χ1) is 35.3. The number of aromatic amines is 1. The van der Waals surface area contributed by atoms with Gasteiger partial charge in [-0.05, 0) is 116 Å². The average Bonchev–Trinajstić information content (AvgIpc) is 3.81. The number of sulfonamides is 1. The van der Waals surface area contributed by atoms with E-state index < -0.39 is 68.9 Å². The number of fused-ring (bicyclic) bond motifs is 1. The minimum atomic E-state index is -6.11. The van der Waals surface area contributed by atoms with E-state index in [9.17, 15) is 43.8 Å². The molecular weight excluding hydrogens is 1060 g/mol. The lowest BCUT2D eigenvalue weighted by Crippen LogP contribution is -2.47. The topological polar surface area (TPSA) is 201 Å². The van der Waals surface area contributed by atoms with Gasteiger partial charge in [0.25, 0.3) is 25.8 Å². The number of carbonyl (C=O) groups excluding carboxylic acids is 2. The SMILES string of the molecule is CC(C)OC(=O)N=S1(=O)CCN(C[C@H](C)Cc2ccc(S(=O)(=O)NC(=O)c3ccc(N4CCN(CC5=C(c6ccc(Cl)cc6)CC(C)(C)CC5)CC4)cc3Oc3cnc4[nH]ccc4c3)cc2S(=O)(=O)C(F)(F)F)CC1. The molecular formula is C52H61ClF3N7O9S3. The highest BCUT2D eigenvalue weighted by Crippen LogP contribution is 2.44. The number of carbonyl (C=O) groups is 2. The predicted octanol–water partition coefficient (Wildman–Crippen LogP) is 9.71. The van der Waals surface area contributed by atoms with Gasteiger partial charge in [-0.25, -0.2) is 35.5 Å². The van der Waals surface area contributed by atoms with E-state index in [0.717, 1.165) is 51.0 Å². The Bertz CT molecular complexity index is 3340. The van der Waals surface area contributed by atoms with Crippen LogP contribution in [0.1, 0.15) is 75.4 Å². The molecule has 2 aromatic heterocycles. The van der Waals surface area contributed by atoms with Gasteiger partial charge < -0.3 is 24.3 Å². The van der Waals surface area contributed by atoms with Gasteiger partial charge in [0, 0.05) is 92.2 Å². The van der Waals surface area contributed by atoms with Crippen molar-refractivity contribution in [2.75, 3.05) is 68.8 Å². The number of aromatic nitrogens is 2. The van der Waals surface area contributed by atoms with Gasteiger partial charge in [-0.1, -0.05) is 56.1 Å². The van der Waals surface area contributed by atoms with Gasteiger partial charge in [0.15, 0.2) is 0 Å². The Morgan fingerprint density at radius 2 is 1.63 bits per heavy atom. The van der Waals surface area contributed by atoms with Crippen LogP contribution in [0.4, 0.5) is 23.7 Å². The second-order valence-electron chi connectivity index (χ2n) is 20.5. The molecule has 2 N–H and O–H groups in total. The third kappa shape index (κ3) is 13.5. The van der Waals surface area contributed by atoms with Crippen LogP contribution >= 0.6 is 11.6 Å². The number of H-pyrrole nitrogens is 1. The number of rotatable bonds is 15. The Morgan fingerprint density at radius 1 is 0.920 bits per heavy atom. The molecule has 0 saturated carbocycles. The third-order valence-electron chi connectivity index (χ3n) is 13.7. The number of hydrogen-bond acceptors (Lipinski definition) is 13. The molecule has 2 fully saturated rings. The van der Waals surface area contributed by atoms with E-state index in [4.69, 9.17) is 21.1 Å². The lowest BCUT2D eigenvalue weighted by Gasteiger charge is -2.39. The normalized spacial score (nSPS) is 18.2. The second-order valence-corrected chi connectivity index (χ2v) is 27.1. The van der Waals surface area contributed by atoms with Crippen LogP contribution in [0.5, 0.6) is 11.5 Å². The summed E-state index contributed by atoms with van der Waals surface area (Å²) >= 11 is 6.24. The summed E-state index contributed by atoms with van der Waals surface area (Å²) in [6.45, 7) is 13.8. The molecule has 4 heterocycles. The molecule has 2 amide bonds. The number of benzene rings is 3. The van der Waals surface area contributed by atoms with Crippen LogP contribution in [0.3, 0.4) is 0 Å².